The van der Waals surface area contributed by atoms with Crippen molar-refractivity contribution in [2.24, 2.45) is 0 Å². The fraction of sp³-hybridized carbons (Fsp3) is 0. The Labute approximate surface area is 113 Å². The molecule has 20 heavy (non-hydrogen) atoms. The number of carboxylic acids is 2. The van der Waals surface area contributed by atoms with Crippen LogP contribution in [-0.4, -0.2) is 22.2 Å². The van der Waals surface area contributed by atoms with Gasteiger partial charge in [0, 0.05) is 12.1 Å². The van der Waals surface area contributed by atoms with Crippen molar-refractivity contribution in [3.63, 3.8) is 0 Å². The van der Waals surface area contributed by atoms with E-state index in [9.17, 15) is 9.59 Å². The van der Waals surface area contributed by atoms with Crippen LogP contribution in [0.2, 0.25) is 0 Å². The van der Waals surface area contributed by atoms with Crippen LogP contribution in [0.1, 0.15) is 16.1 Å². The SMILES string of the molecule is O=C(O)/C=C/c1ccc(Oc2ccccc2C(=O)O)o1. The molecule has 1 aromatic heterocycles. The maximum atomic E-state index is 11.0. The molecule has 0 spiro atoms. The van der Waals surface area contributed by atoms with Crippen molar-refractivity contribution in [3.05, 3.63) is 53.8 Å². The summed E-state index contributed by atoms with van der Waals surface area (Å²) in [6.07, 6.45) is 2.19. The Morgan fingerprint density at radius 2 is 1.85 bits per heavy atom. The quantitative estimate of drug-likeness (QED) is 0.813. The molecule has 0 saturated heterocycles. The zero-order valence-corrected chi connectivity index (χ0v) is 10.1. The molecule has 102 valence electrons. The van der Waals surface area contributed by atoms with E-state index in [2.05, 4.69) is 0 Å². The maximum Gasteiger partial charge on any atom is 0.339 e. The van der Waals surface area contributed by atoms with E-state index >= 15 is 0 Å². The number of para-hydroxylation sites is 1. The van der Waals surface area contributed by atoms with Gasteiger partial charge in [0.25, 0.3) is 5.95 Å². The maximum absolute atomic E-state index is 11.0. The number of aliphatic carboxylic acids is 1. The third kappa shape index (κ3) is 3.26. The zero-order valence-electron chi connectivity index (χ0n) is 10.1. The van der Waals surface area contributed by atoms with E-state index in [1.807, 2.05) is 0 Å². The van der Waals surface area contributed by atoms with Crippen LogP contribution in [-0.2, 0) is 4.79 Å². The number of benzene rings is 1. The summed E-state index contributed by atoms with van der Waals surface area (Å²) < 4.78 is 10.5. The first-order valence-corrected chi connectivity index (χ1v) is 5.57. The largest absolute Gasteiger partial charge is 0.478 e. The van der Waals surface area contributed by atoms with Crippen LogP contribution in [0.15, 0.2) is 46.9 Å². The van der Waals surface area contributed by atoms with E-state index < -0.39 is 11.9 Å². The van der Waals surface area contributed by atoms with Crippen molar-refractivity contribution in [1.82, 2.24) is 0 Å². The van der Waals surface area contributed by atoms with Gasteiger partial charge in [0.15, 0.2) is 0 Å². The van der Waals surface area contributed by atoms with Gasteiger partial charge in [-0.05, 0) is 24.3 Å². The number of hydrogen-bond acceptors (Lipinski definition) is 4. The van der Waals surface area contributed by atoms with Crippen molar-refractivity contribution in [2.45, 2.75) is 0 Å². The highest BCUT2D eigenvalue weighted by molar-refractivity contribution is 5.90. The Bertz CT molecular complexity index is 668. The van der Waals surface area contributed by atoms with Gasteiger partial charge < -0.3 is 19.4 Å². The lowest BCUT2D eigenvalue weighted by Crippen LogP contribution is -1.99. The van der Waals surface area contributed by atoms with Crippen LogP contribution in [0.5, 0.6) is 11.7 Å². The normalized spacial score (nSPS) is 10.6. The number of ether oxygens (including phenoxy) is 1. The van der Waals surface area contributed by atoms with Gasteiger partial charge >= 0.3 is 11.9 Å². The van der Waals surface area contributed by atoms with Gasteiger partial charge in [-0.1, -0.05) is 12.1 Å². The van der Waals surface area contributed by atoms with Gasteiger partial charge in [-0.15, -0.1) is 0 Å². The molecular formula is C14H10O6. The topological polar surface area (TPSA) is 97.0 Å². The Morgan fingerprint density at radius 1 is 1.10 bits per heavy atom. The summed E-state index contributed by atoms with van der Waals surface area (Å²) in [5.74, 6) is -1.71. The van der Waals surface area contributed by atoms with E-state index in [1.54, 1.807) is 12.1 Å². The summed E-state index contributed by atoms with van der Waals surface area (Å²) in [5.41, 5.74) is 0.00604. The van der Waals surface area contributed by atoms with Crippen LogP contribution in [0.4, 0.5) is 0 Å². The van der Waals surface area contributed by atoms with E-state index in [4.69, 9.17) is 19.4 Å². The molecule has 1 heterocycles. The van der Waals surface area contributed by atoms with Crippen molar-refractivity contribution < 1.29 is 29.0 Å². The van der Waals surface area contributed by atoms with Crippen molar-refractivity contribution in [1.29, 1.82) is 0 Å². The van der Waals surface area contributed by atoms with Crippen LogP contribution in [0, 0.1) is 0 Å². The van der Waals surface area contributed by atoms with Crippen LogP contribution < -0.4 is 4.74 Å². The molecule has 2 N–H and O–H groups in total. The Kier molecular flexibility index (Phi) is 3.85. The highest BCUT2D eigenvalue weighted by Gasteiger charge is 2.12. The third-order valence-corrected chi connectivity index (χ3v) is 2.32. The van der Waals surface area contributed by atoms with Crippen molar-refractivity contribution >= 4 is 18.0 Å². The zero-order chi connectivity index (χ0) is 14.5. The minimum Gasteiger partial charge on any atom is -0.478 e. The number of carboxylic acid groups (broad SMARTS) is 2. The molecule has 0 radical (unpaired) electrons. The van der Waals surface area contributed by atoms with Gasteiger partial charge in [-0.2, -0.15) is 0 Å². The average molecular weight is 274 g/mol. The van der Waals surface area contributed by atoms with E-state index in [1.165, 1.54) is 30.3 Å². The lowest BCUT2D eigenvalue weighted by Gasteiger charge is -2.04. The fourth-order valence-corrected chi connectivity index (χ4v) is 1.47. The predicted octanol–water partition coefficient (Wildman–Crippen LogP) is 2.87. The lowest BCUT2D eigenvalue weighted by molar-refractivity contribution is -0.131. The van der Waals surface area contributed by atoms with Gasteiger partial charge in [-0.3, -0.25) is 0 Å². The molecule has 6 heteroatoms. The highest BCUT2D eigenvalue weighted by Crippen LogP contribution is 2.27. The lowest BCUT2D eigenvalue weighted by atomic mass is 10.2. The summed E-state index contributed by atoms with van der Waals surface area (Å²) in [7, 11) is 0. The Morgan fingerprint density at radius 3 is 2.55 bits per heavy atom. The fourth-order valence-electron chi connectivity index (χ4n) is 1.47. The first kappa shape index (κ1) is 13.4. The van der Waals surface area contributed by atoms with E-state index in [0.29, 0.717) is 0 Å². The number of rotatable bonds is 5. The molecule has 1 aromatic carbocycles. The molecule has 0 saturated carbocycles. The minimum absolute atomic E-state index is 0.00604. The minimum atomic E-state index is -1.11. The number of carbonyl (C=O) groups is 2. The Hall–Kier alpha value is -3.02. The second kappa shape index (κ2) is 5.75. The van der Waals surface area contributed by atoms with Crippen molar-refractivity contribution in [2.75, 3.05) is 0 Å². The molecule has 0 amide bonds. The first-order chi connectivity index (χ1) is 9.56. The second-order valence-electron chi connectivity index (χ2n) is 3.73. The molecule has 0 fully saturated rings. The predicted molar refractivity (Wildman–Crippen MR) is 68.9 cm³/mol. The molecule has 6 nitrogen and oxygen atoms in total. The summed E-state index contributed by atoms with van der Waals surface area (Å²) in [6, 6.07) is 9.11. The number of hydrogen-bond donors (Lipinski definition) is 2. The summed E-state index contributed by atoms with van der Waals surface area (Å²) in [6.45, 7) is 0. The molecular weight excluding hydrogens is 264 g/mol. The summed E-state index contributed by atoms with van der Waals surface area (Å²) in [4.78, 5) is 21.4. The van der Waals surface area contributed by atoms with Gasteiger partial charge in [-0.25, -0.2) is 9.59 Å². The third-order valence-electron chi connectivity index (χ3n) is 2.32. The molecule has 2 aromatic rings. The van der Waals surface area contributed by atoms with Gasteiger partial charge in [0.2, 0.25) is 0 Å². The van der Waals surface area contributed by atoms with Gasteiger partial charge in [0.1, 0.15) is 17.1 Å². The molecule has 0 aliphatic carbocycles. The average Bonchev–Trinajstić information content (AvgIpc) is 2.84. The monoisotopic (exact) mass is 274 g/mol. The van der Waals surface area contributed by atoms with Crippen molar-refractivity contribution in [3.8, 4) is 11.7 Å². The number of furan rings is 1. The summed E-state index contributed by atoms with van der Waals surface area (Å²) >= 11 is 0. The second-order valence-corrected chi connectivity index (χ2v) is 3.73. The Balaban J connectivity index is 2.19. The smallest absolute Gasteiger partial charge is 0.339 e. The highest BCUT2D eigenvalue weighted by atomic mass is 16.6. The van der Waals surface area contributed by atoms with Crippen LogP contribution in [0.3, 0.4) is 0 Å². The summed E-state index contributed by atoms with van der Waals surface area (Å²) in [5, 5.41) is 17.5. The number of aromatic carboxylic acids is 1. The molecule has 0 aliphatic rings. The van der Waals surface area contributed by atoms with Gasteiger partial charge in [0.05, 0.1) is 0 Å². The standard InChI is InChI=1S/C14H10O6/c15-12(16)7-5-9-6-8-13(19-9)20-11-4-2-1-3-10(11)14(17)18/h1-8H,(H,15,16)(H,17,18)/b7-5+. The first-order valence-electron chi connectivity index (χ1n) is 5.57. The molecule has 0 unspecified atom stereocenters. The molecule has 2 rings (SSSR count). The molecule has 0 aliphatic heterocycles. The molecule has 0 bridgehead atoms. The van der Waals surface area contributed by atoms with Crippen LogP contribution >= 0.6 is 0 Å². The van der Waals surface area contributed by atoms with E-state index in [0.717, 1.165) is 6.08 Å². The van der Waals surface area contributed by atoms with E-state index in [-0.39, 0.29) is 23.0 Å². The molecule has 0 atom stereocenters. The van der Waals surface area contributed by atoms with Crippen LogP contribution in [0.25, 0.3) is 6.08 Å².